The number of hydrogen-bond acceptors (Lipinski definition) is 2. The van der Waals surface area contributed by atoms with Crippen molar-refractivity contribution in [3.8, 4) is 0 Å². The fraction of sp³-hybridized carbons (Fsp3) is 1.00. The first-order valence-electron chi connectivity index (χ1n) is 2.79. The van der Waals surface area contributed by atoms with Gasteiger partial charge in [-0.2, -0.15) is 0 Å². The normalized spacial score (nSPS) is 6.44. The minimum absolute atomic E-state index is 0.750. The number of hydrogen-bond donors (Lipinski definition) is 1. The van der Waals surface area contributed by atoms with Crippen molar-refractivity contribution in [1.29, 1.82) is 0 Å². The van der Waals surface area contributed by atoms with Gasteiger partial charge in [0.15, 0.2) is 0 Å². The third-order valence-corrected chi connectivity index (χ3v) is 0. The zero-order chi connectivity index (χ0) is 8.28. The Labute approximate surface area is 61.6 Å². The van der Waals surface area contributed by atoms with Gasteiger partial charge in [-0.1, -0.05) is 6.92 Å². The number of rotatable bonds is 0. The van der Waals surface area contributed by atoms with E-state index in [1.54, 1.807) is 0 Å². The molecule has 0 fully saturated rings. The molecule has 0 saturated carbocycles. The van der Waals surface area contributed by atoms with Crippen LogP contribution < -0.4 is 5.73 Å². The Morgan fingerprint density at radius 3 is 1.22 bits per heavy atom. The molecule has 2 N–H and O–H groups in total. The predicted molar refractivity (Wildman–Crippen MR) is 45.8 cm³/mol. The molecule has 0 heterocycles. The number of nitrogens with zero attached hydrogens (tertiary/aromatic N) is 1. The molecule has 0 aliphatic carbocycles. The molecule has 4 heteroatoms. The summed E-state index contributed by atoms with van der Waals surface area (Å²) >= 11 is 0. The Morgan fingerprint density at radius 1 is 1.22 bits per heavy atom. The van der Waals surface area contributed by atoms with E-state index in [-0.39, 0.29) is 0 Å². The highest BCUT2D eigenvalue weighted by Gasteiger charge is 1.58. The van der Waals surface area contributed by atoms with Crippen LogP contribution in [0.4, 0.5) is 0 Å². The van der Waals surface area contributed by atoms with Crippen LogP contribution in [0.25, 0.3) is 0 Å². The Hall–Kier alpha value is 0.0499. The number of nitrogens with two attached hydrogens (primary N) is 1. The molecule has 0 aromatic heterocycles. The van der Waals surface area contributed by atoms with E-state index in [0.29, 0.717) is 0 Å². The molecule has 0 rings (SSSR count). The summed E-state index contributed by atoms with van der Waals surface area (Å²) in [6.07, 6.45) is 0. The molecular formula is C5H16B2N2. The van der Waals surface area contributed by atoms with E-state index in [1.807, 2.05) is 33.0 Å². The highest BCUT2D eigenvalue weighted by Crippen LogP contribution is 1.47. The van der Waals surface area contributed by atoms with Crippen molar-refractivity contribution >= 4 is 15.5 Å². The summed E-state index contributed by atoms with van der Waals surface area (Å²) in [5, 5.41) is 0. The van der Waals surface area contributed by atoms with Crippen LogP contribution in [0.3, 0.4) is 0 Å². The van der Waals surface area contributed by atoms with Crippen molar-refractivity contribution in [3.05, 3.63) is 0 Å². The molecule has 0 aromatic carbocycles. The summed E-state index contributed by atoms with van der Waals surface area (Å²) in [6, 6.07) is 0. The molecule has 0 aromatic rings. The van der Waals surface area contributed by atoms with Gasteiger partial charge in [-0.25, -0.2) is 0 Å². The van der Waals surface area contributed by atoms with E-state index in [0.717, 1.165) is 6.54 Å². The second-order valence-electron chi connectivity index (χ2n) is 1.75. The molecule has 2 nitrogen and oxygen atoms in total. The minimum Gasteiger partial charge on any atom is -0.331 e. The van der Waals surface area contributed by atoms with Gasteiger partial charge in [0.25, 0.3) is 0 Å². The van der Waals surface area contributed by atoms with Gasteiger partial charge in [0.1, 0.15) is 0 Å². The van der Waals surface area contributed by atoms with Crippen molar-refractivity contribution in [1.82, 2.24) is 4.90 Å². The zero-order valence-electron chi connectivity index (χ0n) is 6.89. The first kappa shape index (κ1) is 16.0. The Balaban J connectivity index is -0.0000000646. The largest absolute Gasteiger partial charge is 0.331 e. The second kappa shape index (κ2) is 24.4. The molecule has 0 unspecified atom stereocenters. The lowest BCUT2D eigenvalue weighted by Crippen LogP contribution is -1.99. The first-order valence-corrected chi connectivity index (χ1v) is 2.79. The van der Waals surface area contributed by atoms with Crippen LogP contribution in [0.1, 0.15) is 6.92 Å². The van der Waals surface area contributed by atoms with Gasteiger partial charge >= 0.3 is 0 Å². The van der Waals surface area contributed by atoms with Crippen molar-refractivity contribution in [3.63, 3.8) is 0 Å². The summed E-state index contributed by atoms with van der Waals surface area (Å²) in [7, 11) is 14.0. The van der Waals surface area contributed by atoms with E-state index in [9.17, 15) is 0 Å². The van der Waals surface area contributed by atoms with E-state index in [2.05, 4.69) is 15.5 Å². The van der Waals surface area contributed by atoms with Crippen LogP contribution in [0.15, 0.2) is 0 Å². The maximum absolute atomic E-state index is 4.85. The first-order chi connectivity index (χ1) is 4.15. The fourth-order valence-corrected chi connectivity index (χ4v) is 0. The standard InChI is InChI=1S/C3H9N.C2H7N.B2/c1-4(2)3;1-2-3;1-2/h1-3H3;2-3H2,1H3;. The van der Waals surface area contributed by atoms with Crippen LogP contribution in [0.5, 0.6) is 0 Å². The van der Waals surface area contributed by atoms with Gasteiger partial charge < -0.3 is 10.6 Å². The molecule has 4 radical (unpaired) electrons. The lowest BCUT2D eigenvalue weighted by Gasteiger charge is -1.90. The third-order valence-electron chi connectivity index (χ3n) is 0. The van der Waals surface area contributed by atoms with Crippen molar-refractivity contribution in [2.75, 3.05) is 27.7 Å². The molecule has 0 aliphatic heterocycles. The maximum Gasteiger partial charge on any atom is 0 e. The molecule has 0 saturated heterocycles. The van der Waals surface area contributed by atoms with Crippen LogP contribution >= 0.6 is 0 Å². The lowest BCUT2D eigenvalue weighted by molar-refractivity contribution is 0.505. The van der Waals surface area contributed by atoms with Crippen LogP contribution in [0, 0.1) is 0 Å². The summed E-state index contributed by atoms with van der Waals surface area (Å²) in [6.45, 7) is 2.65. The van der Waals surface area contributed by atoms with E-state index in [4.69, 9.17) is 5.73 Å². The molecule has 9 heavy (non-hydrogen) atoms. The zero-order valence-corrected chi connectivity index (χ0v) is 6.89. The summed E-state index contributed by atoms with van der Waals surface area (Å²) in [5.41, 5.74) is 4.85. The van der Waals surface area contributed by atoms with Gasteiger partial charge in [-0.05, 0) is 27.7 Å². The van der Waals surface area contributed by atoms with Crippen LogP contribution in [0.2, 0.25) is 0 Å². The van der Waals surface area contributed by atoms with Gasteiger partial charge in [0, 0.05) is 15.5 Å². The van der Waals surface area contributed by atoms with Crippen molar-refractivity contribution in [2.45, 2.75) is 6.92 Å². The Kier molecular flexibility index (Phi) is 43.4. The minimum atomic E-state index is 0.750. The van der Waals surface area contributed by atoms with E-state index < -0.39 is 0 Å². The SMILES string of the molecule is CCN.CN(C)C.[B][B]. The van der Waals surface area contributed by atoms with Crippen LogP contribution in [-0.2, 0) is 0 Å². The summed E-state index contributed by atoms with van der Waals surface area (Å²) in [5.74, 6) is 0. The van der Waals surface area contributed by atoms with Gasteiger partial charge in [0.2, 0.25) is 0 Å². The van der Waals surface area contributed by atoms with E-state index >= 15 is 0 Å². The average molecular weight is 126 g/mol. The molecular weight excluding hydrogens is 110 g/mol. The highest BCUT2D eigenvalue weighted by atomic mass is 15.0. The van der Waals surface area contributed by atoms with Crippen LogP contribution in [-0.4, -0.2) is 48.1 Å². The van der Waals surface area contributed by atoms with Crippen molar-refractivity contribution in [2.24, 2.45) is 5.73 Å². The monoisotopic (exact) mass is 126 g/mol. The molecule has 52 valence electrons. The molecule has 0 amide bonds. The Morgan fingerprint density at radius 2 is 1.22 bits per heavy atom. The molecule has 0 spiro atoms. The molecule has 0 aliphatic rings. The highest BCUT2D eigenvalue weighted by molar-refractivity contribution is 6.75. The third kappa shape index (κ3) is 118000. The van der Waals surface area contributed by atoms with Gasteiger partial charge in [-0.15, -0.1) is 0 Å². The maximum atomic E-state index is 4.85. The summed E-state index contributed by atoms with van der Waals surface area (Å²) < 4.78 is 0. The predicted octanol–water partition coefficient (Wildman–Crippen LogP) is -0.619. The van der Waals surface area contributed by atoms with Gasteiger partial charge in [-0.3, -0.25) is 0 Å². The topological polar surface area (TPSA) is 29.3 Å². The lowest BCUT2D eigenvalue weighted by atomic mass is 9.81. The summed E-state index contributed by atoms with van der Waals surface area (Å²) in [4.78, 5) is 2.00. The molecule has 0 atom stereocenters. The second-order valence-corrected chi connectivity index (χ2v) is 1.75. The quantitative estimate of drug-likeness (QED) is 0.438. The van der Waals surface area contributed by atoms with Crippen molar-refractivity contribution < 1.29 is 0 Å². The van der Waals surface area contributed by atoms with E-state index in [1.165, 1.54) is 0 Å². The molecule has 0 bridgehead atoms. The smallest absolute Gasteiger partial charge is 0 e. The average Bonchev–Trinajstić information content (AvgIpc) is 1.71. The van der Waals surface area contributed by atoms with Gasteiger partial charge in [0.05, 0.1) is 0 Å². The fourth-order valence-electron chi connectivity index (χ4n) is 0. The Bertz CT molecular complexity index is 24.2.